The van der Waals surface area contributed by atoms with Gasteiger partial charge in [-0.3, -0.25) is 0 Å². The summed E-state index contributed by atoms with van der Waals surface area (Å²) in [6.07, 6.45) is 1.14. The van der Waals surface area contributed by atoms with Gasteiger partial charge in [0.25, 0.3) is 0 Å². The van der Waals surface area contributed by atoms with Gasteiger partial charge in [0.15, 0.2) is 0 Å². The van der Waals surface area contributed by atoms with Gasteiger partial charge in [0.05, 0.1) is 5.56 Å². The van der Waals surface area contributed by atoms with Crippen LogP contribution < -0.4 is 4.90 Å². The molecule has 2 heterocycles. The van der Waals surface area contributed by atoms with Crippen LogP contribution in [0.15, 0.2) is 54.6 Å². The summed E-state index contributed by atoms with van der Waals surface area (Å²) in [5.41, 5.74) is 7.36. The predicted molar refractivity (Wildman–Crippen MR) is 110 cm³/mol. The smallest absolute Gasteiger partial charge is 0.335 e. The largest absolute Gasteiger partial charge is 0.478 e. The van der Waals surface area contributed by atoms with Crippen molar-refractivity contribution in [3.8, 4) is 22.5 Å². The molecular weight excluding hydrogens is 336 g/mol. The molecular formula is C23H24N2O2. The Morgan fingerprint density at radius 3 is 2.30 bits per heavy atom. The van der Waals surface area contributed by atoms with E-state index in [0.29, 0.717) is 5.56 Å². The number of benzene rings is 2. The van der Waals surface area contributed by atoms with Gasteiger partial charge in [0, 0.05) is 30.7 Å². The number of rotatable bonds is 3. The Balaban J connectivity index is 1.69. The minimum absolute atomic E-state index is 0.167. The van der Waals surface area contributed by atoms with Crippen LogP contribution in [0.5, 0.6) is 0 Å². The highest BCUT2D eigenvalue weighted by Gasteiger charge is 2.30. The molecule has 0 saturated heterocycles. The van der Waals surface area contributed by atoms with Crippen molar-refractivity contribution in [2.45, 2.75) is 25.7 Å². The number of carboxylic acids is 1. The first-order valence-electron chi connectivity index (χ1n) is 9.24. The van der Waals surface area contributed by atoms with Crippen LogP contribution in [0.2, 0.25) is 0 Å². The highest BCUT2D eigenvalue weighted by Crippen LogP contribution is 2.41. The number of anilines is 1. The van der Waals surface area contributed by atoms with E-state index in [1.165, 1.54) is 16.8 Å². The average Bonchev–Trinajstić information content (AvgIpc) is 3.15. The van der Waals surface area contributed by atoms with Crippen LogP contribution in [0.1, 0.15) is 36.2 Å². The van der Waals surface area contributed by atoms with Gasteiger partial charge in [-0.1, -0.05) is 32.0 Å². The van der Waals surface area contributed by atoms with Crippen molar-refractivity contribution >= 4 is 11.7 Å². The first-order valence-corrected chi connectivity index (χ1v) is 9.24. The maximum absolute atomic E-state index is 11.0. The number of carbonyl (C=O) groups is 1. The van der Waals surface area contributed by atoms with Crippen LogP contribution in [-0.4, -0.2) is 29.7 Å². The lowest BCUT2D eigenvalue weighted by Crippen LogP contribution is -2.34. The zero-order chi connectivity index (χ0) is 19.2. The molecule has 0 bridgehead atoms. The van der Waals surface area contributed by atoms with Crippen molar-refractivity contribution in [1.82, 2.24) is 4.98 Å². The normalized spacial score (nSPS) is 15.4. The summed E-state index contributed by atoms with van der Waals surface area (Å²) in [5.74, 6) is -0.907. The third-order valence-corrected chi connectivity index (χ3v) is 5.65. The molecule has 1 aliphatic heterocycles. The van der Waals surface area contributed by atoms with E-state index in [2.05, 4.69) is 55.0 Å². The lowest BCUT2D eigenvalue weighted by Gasteiger charge is -2.38. The number of hydrogen-bond acceptors (Lipinski definition) is 2. The topological polar surface area (TPSA) is 56.3 Å². The second-order valence-electron chi connectivity index (χ2n) is 7.96. The van der Waals surface area contributed by atoms with Gasteiger partial charge in [0.2, 0.25) is 0 Å². The van der Waals surface area contributed by atoms with E-state index in [4.69, 9.17) is 5.11 Å². The SMILES string of the molecule is CN1CCC(C)(C)c2cc(-c3ccc(-c4ccc(C(=O)O)cc4)[nH]3)ccc21. The Morgan fingerprint density at radius 2 is 1.63 bits per heavy atom. The summed E-state index contributed by atoms with van der Waals surface area (Å²) in [7, 11) is 2.15. The fourth-order valence-electron chi connectivity index (χ4n) is 3.81. The van der Waals surface area contributed by atoms with Gasteiger partial charge in [-0.2, -0.15) is 0 Å². The predicted octanol–water partition coefficient (Wildman–Crippen LogP) is 5.16. The van der Waals surface area contributed by atoms with Gasteiger partial charge in [0.1, 0.15) is 0 Å². The molecule has 2 aromatic carbocycles. The Morgan fingerprint density at radius 1 is 1.00 bits per heavy atom. The maximum atomic E-state index is 11.0. The molecule has 0 fully saturated rings. The van der Waals surface area contributed by atoms with E-state index in [1.54, 1.807) is 12.1 Å². The summed E-state index contributed by atoms with van der Waals surface area (Å²) in [6.45, 7) is 5.71. The van der Waals surface area contributed by atoms with Crippen LogP contribution in [0.4, 0.5) is 5.69 Å². The molecule has 1 aromatic heterocycles. The quantitative estimate of drug-likeness (QED) is 0.678. The first kappa shape index (κ1) is 17.4. The van der Waals surface area contributed by atoms with Crippen molar-refractivity contribution in [2.24, 2.45) is 0 Å². The molecule has 0 aliphatic carbocycles. The zero-order valence-corrected chi connectivity index (χ0v) is 15.9. The average molecular weight is 360 g/mol. The number of aromatic amines is 1. The van der Waals surface area contributed by atoms with Crippen molar-refractivity contribution in [3.05, 3.63) is 65.7 Å². The van der Waals surface area contributed by atoms with Gasteiger partial charge < -0.3 is 15.0 Å². The number of aromatic nitrogens is 1. The lowest BCUT2D eigenvalue weighted by molar-refractivity contribution is 0.0697. The number of carboxylic acid groups (broad SMARTS) is 1. The molecule has 3 aromatic rings. The van der Waals surface area contributed by atoms with Gasteiger partial charge >= 0.3 is 5.97 Å². The number of H-pyrrole nitrogens is 1. The molecule has 1 aliphatic rings. The van der Waals surface area contributed by atoms with E-state index in [0.717, 1.165) is 29.9 Å². The second kappa shape index (κ2) is 6.31. The maximum Gasteiger partial charge on any atom is 0.335 e. The van der Waals surface area contributed by atoms with Crippen LogP contribution in [-0.2, 0) is 5.41 Å². The molecule has 0 amide bonds. The fourth-order valence-corrected chi connectivity index (χ4v) is 3.81. The molecule has 4 nitrogen and oxygen atoms in total. The van der Waals surface area contributed by atoms with E-state index >= 15 is 0 Å². The van der Waals surface area contributed by atoms with Crippen molar-refractivity contribution in [3.63, 3.8) is 0 Å². The third-order valence-electron chi connectivity index (χ3n) is 5.65. The van der Waals surface area contributed by atoms with Crippen LogP contribution in [0.3, 0.4) is 0 Å². The number of nitrogens with one attached hydrogen (secondary N) is 1. The second-order valence-corrected chi connectivity index (χ2v) is 7.96. The van der Waals surface area contributed by atoms with Crippen molar-refractivity contribution < 1.29 is 9.90 Å². The van der Waals surface area contributed by atoms with Crippen LogP contribution in [0, 0.1) is 0 Å². The molecule has 0 unspecified atom stereocenters. The van der Waals surface area contributed by atoms with E-state index in [9.17, 15) is 4.79 Å². The molecule has 0 radical (unpaired) electrons. The Kier molecular flexibility index (Phi) is 4.06. The fraction of sp³-hybridized carbons (Fsp3) is 0.261. The number of fused-ring (bicyclic) bond motifs is 1. The summed E-state index contributed by atoms with van der Waals surface area (Å²) >= 11 is 0. The molecule has 27 heavy (non-hydrogen) atoms. The molecule has 2 N–H and O–H groups in total. The first-order chi connectivity index (χ1) is 12.8. The Bertz CT molecular complexity index is 999. The minimum Gasteiger partial charge on any atom is -0.478 e. The summed E-state index contributed by atoms with van der Waals surface area (Å²) in [4.78, 5) is 16.8. The standard InChI is InChI=1S/C23H24N2O2/c1-23(2)12-13-25(3)21-11-8-17(14-18(21)23)20-10-9-19(24-20)15-4-6-16(7-5-15)22(26)27/h4-11,14,24H,12-13H2,1-3H3,(H,26,27). The summed E-state index contributed by atoms with van der Waals surface area (Å²) in [5, 5.41) is 9.05. The van der Waals surface area contributed by atoms with E-state index in [1.807, 2.05) is 18.2 Å². The zero-order valence-electron chi connectivity index (χ0n) is 15.9. The third kappa shape index (κ3) is 3.12. The molecule has 0 atom stereocenters. The van der Waals surface area contributed by atoms with Crippen LogP contribution in [0.25, 0.3) is 22.5 Å². The molecule has 0 spiro atoms. The number of aromatic carboxylic acids is 1. The molecule has 4 heteroatoms. The van der Waals surface area contributed by atoms with Gasteiger partial charge in [-0.25, -0.2) is 4.79 Å². The number of hydrogen-bond donors (Lipinski definition) is 2. The van der Waals surface area contributed by atoms with Gasteiger partial charge in [-0.05, 0) is 64.9 Å². The van der Waals surface area contributed by atoms with Gasteiger partial charge in [-0.15, -0.1) is 0 Å². The molecule has 138 valence electrons. The van der Waals surface area contributed by atoms with Crippen molar-refractivity contribution in [2.75, 3.05) is 18.5 Å². The van der Waals surface area contributed by atoms with E-state index in [-0.39, 0.29) is 5.41 Å². The molecule has 4 rings (SSSR count). The highest BCUT2D eigenvalue weighted by molar-refractivity contribution is 5.88. The Hall–Kier alpha value is -3.01. The Labute approximate surface area is 159 Å². The van der Waals surface area contributed by atoms with Crippen molar-refractivity contribution in [1.29, 1.82) is 0 Å². The lowest BCUT2D eigenvalue weighted by atomic mass is 9.77. The highest BCUT2D eigenvalue weighted by atomic mass is 16.4. The summed E-state index contributed by atoms with van der Waals surface area (Å²) < 4.78 is 0. The van der Waals surface area contributed by atoms with Crippen LogP contribution >= 0.6 is 0 Å². The summed E-state index contributed by atoms with van der Waals surface area (Å²) in [6, 6.07) is 17.8. The minimum atomic E-state index is -0.907. The number of nitrogens with zero attached hydrogens (tertiary/aromatic N) is 1. The molecule has 0 saturated carbocycles. The monoisotopic (exact) mass is 360 g/mol. The van der Waals surface area contributed by atoms with E-state index < -0.39 is 5.97 Å².